The number of hydrogen-bond donors (Lipinski definition) is 3. The van der Waals surface area contributed by atoms with Crippen molar-refractivity contribution >= 4 is 23.9 Å². The maximum atomic E-state index is 12.5. The maximum Gasteiger partial charge on any atom is 0.305 e. The molecular weight excluding hydrogens is 360 g/mol. The van der Waals surface area contributed by atoms with Crippen LogP contribution in [0.3, 0.4) is 0 Å². The number of carboxylic acid groups (broad SMARTS) is 1. The Bertz CT molecular complexity index is 616. The van der Waals surface area contributed by atoms with Crippen molar-refractivity contribution in [2.45, 2.75) is 83.2 Å². The maximum absolute atomic E-state index is 12.5. The summed E-state index contributed by atoms with van der Waals surface area (Å²) in [5.74, 6) is -1.41. The predicted octanol–water partition coefficient (Wildman–Crippen LogP) is 2.35. The molecule has 0 heterocycles. The van der Waals surface area contributed by atoms with Crippen LogP contribution in [0.4, 0.5) is 0 Å². The smallest absolute Gasteiger partial charge is 0.305 e. The van der Waals surface area contributed by atoms with Crippen molar-refractivity contribution in [2.75, 3.05) is 0 Å². The van der Waals surface area contributed by atoms with Crippen molar-refractivity contribution in [3.05, 3.63) is 11.8 Å². The Morgan fingerprint density at radius 2 is 2.04 bits per heavy atom. The number of rotatable bonds is 11. The molecule has 3 N–H and O–H groups in total. The Labute approximate surface area is 166 Å². The third kappa shape index (κ3) is 6.77. The topological polar surface area (TPSA) is 113 Å². The molecule has 1 amide bonds. The molecule has 0 aromatic rings. The monoisotopic (exact) mass is 392 g/mol. The van der Waals surface area contributed by atoms with Gasteiger partial charge in [-0.25, -0.2) is 0 Å². The molecule has 2 rings (SSSR count). The molecule has 0 aromatic carbocycles. The van der Waals surface area contributed by atoms with Crippen molar-refractivity contribution in [1.29, 1.82) is 0 Å². The van der Waals surface area contributed by atoms with Gasteiger partial charge in [-0.15, -0.1) is 0 Å². The lowest BCUT2D eigenvalue weighted by atomic mass is 9.89. The van der Waals surface area contributed by atoms with E-state index >= 15 is 0 Å². The zero-order chi connectivity index (χ0) is 20.5. The summed E-state index contributed by atoms with van der Waals surface area (Å²) in [4.78, 5) is 46.7. The highest BCUT2D eigenvalue weighted by Gasteiger charge is 2.34. The zero-order valence-electron chi connectivity index (χ0n) is 16.6. The molecule has 3 unspecified atom stereocenters. The van der Waals surface area contributed by atoms with E-state index in [0.29, 0.717) is 25.5 Å². The first kappa shape index (κ1) is 22.1. The average Bonchev–Trinajstić information content (AvgIpc) is 3.14. The molecule has 7 nitrogen and oxygen atoms in total. The molecule has 0 bridgehead atoms. The minimum Gasteiger partial charge on any atom is -0.481 e. The molecule has 4 atom stereocenters. The number of carboxylic acids is 1. The number of aldehydes is 1. The van der Waals surface area contributed by atoms with Crippen LogP contribution >= 0.6 is 0 Å². The van der Waals surface area contributed by atoms with Gasteiger partial charge in [0.1, 0.15) is 6.29 Å². The molecule has 1 fully saturated rings. The lowest BCUT2D eigenvalue weighted by molar-refractivity contribution is -0.139. The van der Waals surface area contributed by atoms with E-state index in [1.165, 1.54) is 6.42 Å². The normalized spacial score (nSPS) is 24.0. The highest BCUT2D eigenvalue weighted by Crippen LogP contribution is 2.35. The van der Waals surface area contributed by atoms with Gasteiger partial charge in [-0.3, -0.25) is 14.4 Å². The van der Waals surface area contributed by atoms with Gasteiger partial charge in [-0.05, 0) is 57.8 Å². The molecule has 28 heavy (non-hydrogen) atoms. The molecule has 0 aliphatic heterocycles. The van der Waals surface area contributed by atoms with Crippen molar-refractivity contribution in [1.82, 2.24) is 10.6 Å². The number of ketones is 1. The summed E-state index contributed by atoms with van der Waals surface area (Å²) in [5.41, 5.74) is 1.16. The van der Waals surface area contributed by atoms with Crippen molar-refractivity contribution in [3.8, 4) is 0 Å². The van der Waals surface area contributed by atoms with E-state index in [2.05, 4.69) is 16.7 Å². The first-order valence-electron chi connectivity index (χ1n) is 10.4. The number of Topliss-reactive ketones (excluding diaryl/α,β-unsaturated/α-hetero) is 1. The number of hydrogen-bond acceptors (Lipinski definition) is 5. The van der Waals surface area contributed by atoms with E-state index in [4.69, 9.17) is 5.11 Å². The Kier molecular flexibility index (Phi) is 8.67. The minimum absolute atomic E-state index is 0.0992. The van der Waals surface area contributed by atoms with E-state index in [-0.39, 0.29) is 29.6 Å². The number of nitrogens with one attached hydrogen (secondary N) is 2. The van der Waals surface area contributed by atoms with Gasteiger partial charge in [0.05, 0.1) is 18.5 Å². The van der Waals surface area contributed by atoms with Crippen LogP contribution in [-0.4, -0.2) is 41.1 Å². The highest BCUT2D eigenvalue weighted by molar-refractivity contribution is 5.85. The van der Waals surface area contributed by atoms with Gasteiger partial charge in [0.25, 0.3) is 0 Å². The fourth-order valence-corrected chi connectivity index (χ4v) is 4.21. The quantitative estimate of drug-likeness (QED) is 0.465. The second-order valence-electron chi connectivity index (χ2n) is 7.99. The Hall–Kier alpha value is -2.18. The molecule has 1 saturated carbocycles. The molecule has 2 aliphatic carbocycles. The Morgan fingerprint density at radius 3 is 2.68 bits per heavy atom. The van der Waals surface area contributed by atoms with E-state index in [1.54, 1.807) is 0 Å². The van der Waals surface area contributed by atoms with Crippen LogP contribution in [0.25, 0.3) is 0 Å². The van der Waals surface area contributed by atoms with Crippen LogP contribution in [0.2, 0.25) is 0 Å². The third-order valence-corrected chi connectivity index (χ3v) is 5.82. The second-order valence-corrected chi connectivity index (χ2v) is 7.99. The van der Waals surface area contributed by atoms with E-state index in [9.17, 15) is 19.2 Å². The summed E-state index contributed by atoms with van der Waals surface area (Å²) >= 11 is 0. The van der Waals surface area contributed by atoms with E-state index in [0.717, 1.165) is 37.8 Å². The zero-order valence-corrected chi connectivity index (χ0v) is 16.6. The summed E-state index contributed by atoms with van der Waals surface area (Å²) in [6, 6.07) is -1.23. The van der Waals surface area contributed by atoms with Gasteiger partial charge in [0.2, 0.25) is 5.91 Å². The van der Waals surface area contributed by atoms with Gasteiger partial charge >= 0.3 is 5.97 Å². The first-order valence-corrected chi connectivity index (χ1v) is 10.4. The third-order valence-electron chi connectivity index (χ3n) is 5.82. The van der Waals surface area contributed by atoms with Gasteiger partial charge in [0.15, 0.2) is 5.78 Å². The standard InChI is InChI=1S/C21H32N2O5/c1-14(22-16-7-3-2-4-8-16)19(25)11-10-15-6-5-9-18(15)21(28)23-17(13-24)12-20(26)27/h7,13-15,17-18,22H,2-6,8-12H2,1H3,(H,23,28)(H,26,27)/t14?,15?,17?,18-/m1/s1. The summed E-state index contributed by atoms with van der Waals surface area (Å²) in [7, 11) is 0. The molecular formula is C21H32N2O5. The summed E-state index contributed by atoms with van der Waals surface area (Å²) < 4.78 is 0. The van der Waals surface area contributed by atoms with Crippen molar-refractivity contribution < 1.29 is 24.3 Å². The van der Waals surface area contributed by atoms with E-state index < -0.39 is 18.4 Å². The van der Waals surface area contributed by atoms with Crippen LogP contribution in [0, 0.1) is 11.8 Å². The van der Waals surface area contributed by atoms with Crippen LogP contribution in [-0.2, 0) is 19.2 Å². The largest absolute Gasteiger partial charge is 0.481 e. The van der Waals surface area contributed by atoms with Crippen molar-refractivity contribution in [2.24, 2.45) is 11.8 Å². The van der Waals surface area contributed by atoms with Gasteiger partial charge in [0, 0.05) is 18.0 Å². The Morgan fingerprint density at radius 1 is 1.25 bits per heavy atom. The molecule has 0 saturated heterocycles. The fraction of sp³-hybridized carbons (Fsp3) is 0.714. The lowest BCUT2D eigenvalue weighted by Gasteiger charge is -2.22. The number of allylic oxidation sites excluding steroid dienone is 2. The SMILES string of the molecule is CC(NC1=CCCCC1)C(=O)CCC1CCC[C@H]1C(=O)NC(C=O)CC(=O)O. The van der Waals surface area contributed by atoms with E-state index in [1.807, 2.05) is 6.92 Å². The number of carbonyl (C=O) groups excluding carboxylic acids is 3. The number of aliphatic carboxylic acids is 1. The molecule has 0 spiro atoms. The van der Waals surface area contributed by atoms with Crippen LogP contribution in [0.15, 0.2) is 11.8 Å². The summed E-state index contributed by atoms with van der Waals surface area (Å²) in [6.45, 7) is 1.89. The number of carbonyl (C=O) groups is 4. The fourth-order valence-electron chi connectivity index (χ4n) is 4.21. The average molecular weight is 392 g/mol. The van der Waals surface area contributed by atoms with Gasteiger partial charge in [-0.1, -0.05) is 12.5 Å². The second kappa shape index (κ2) is 11.0. The molecule has 2 aliphatic rings. The highest BCUT2D eigenvalue weighted by atomic mass is 16.4. The van der Waals surface area contributed by atoms with Gasteiger partial charge < -0.3 is 20.5 Å². The molecule has 0 aromatic heterocycles. The lowest BCUT2D eigenvalue weighted by Crippen LogP contribution is -2.42. The molecule has 7 heteroatoms. The molecule has 156 valence electrons. The van der Waals surface area contributed by atoms with Crippen LogP contribution in [0.1, 0.15) is 71.1 Å². The van der Waals surface area contributed by atoms with Crippen LogP contribution < -0.4 is 10.6 Å². The molecule has 0 radical (unpaired) electrons. The van der Waals surface area contributed by atoms with Gasteiger partial charge in [-0.2, -0.15) is 0 Å². The van der Waals surface area contributed by atoms with Crippen LogP contribution in [0.5, 0.6) is 0 Å². The van der Waals surface area contributed by atoms with Crippen molar-refractivity contribution in [3.63, 3.8) is 0 Å². The minimum atomic E-state index is -1.12. The predicted molar refractivity (Wildman–Crippen MR) is 104 cm³/mol. The summed E-state index contributed by atoms with van der Waals surface area (Å²) in [6.07, 6.45) is 10.2. The summed E-state index contributed by atoms with van der Waals surface area (Å²) in [5, 5.41) is 14.7. The number of amides is 1. The first-order chi connectivity index (χ1) is 13.4. The Balaban J connectivity index is 1.81.